The van der Waals surface area contributed by atoms with Crippen molar-refractivity contribution in [1.82, 2.24) is 14.8 Å². The third kappa shape index (κ3) is 2.41. The molecule has 3 aromatic rings. The van der Waals surface area contributed by atoms with Crippen molar-refractivity contribution in [2.45, 2.75) is 32.2 Å². The van der Waals surface area contributed by atoms with Gasteiger partial charge in [0.2, 0.25) is 5.95 Å². The number of fused-ring (bicyclic) bond motifs is 1. The summed E-state index contributed by atoms with van der Waals surface area (Å²) < 4.78 is 1.88. The van der Waals surface area contributed by atoms with Gasteiger partial charge in [0.25, 0.3) is 0 Å². The monoisotopic (exact) mass is 362 g/mol. The van der Waals surface area contributed by atoms with Crippen LogP contribution >= 0.6 is 11.3 Å². The molecule has 1 unspecified atom stereocenters. The number of aryl methyl sites for hydroxylation is 1. The summed E-state index contributed by atoms with van der Waals surface area (Å²) in [5.41, 5.74) is 4.10. The number of allylic oxidation sites excluding steroid dienone is 2. The third-order valence-corrected chi connectivity index (χ3v) is 5.83. The first kappa shape index (κ1) is 15.5. The number of thiophene rings is 1. The zero-order valence-corrected chi connectivity index (χ0v) is 15.2. The smallest absolute Gasteiger partial charge is 0.226 e. The fourth-order valence-corrected chi connectivity index (χ4v) is 4.47. The quantitative estimate of drug-likeness (QED) is 0.737. The number of anilines is 1. The Balaban J connectivity index is 1.71. The first-order chi connectivity index (χ1) is 12.7. The lowest BCUT2D eigenvalue weighted by Gasteiger charge is -2.32. The molecule has 1 aliphatic carbocycles. The molecule has 1 N–H and O–H groups in total. The summed E-state index contributed by atoms with van der Waals surface area (Å²) in [6.45, 7) is 2.07. The summed E-state index contributed by atoms with van der Waals surface area (Å²) in [6.07, 6.45) is 2.37. The van der Waals surface area contributed by atoms with Gasteiger partial charge in [0.05, 0.1) is 4.88 Å². The van der Waals surface area contributed by atoms with Gasteiger partial charge in [-0.15, -0.1) is 16.4 Å². The fraction of sp³-hybridized carbons (Fsp3) is 0.250. The average molecular weight is 362 g/mol. The molecule has 0 saturated carbocycles. The lowest BCUT2D eigenvalue weighted by atomic mass is 9.85. The Morgan fingerprint density at radius 2 is 2.15 bits per heavy atom. The largest absolute Gasteiger partial charge is 0.328 e. The van der Waals surface area contributed by atoms with Gasteiger partial charge in [-0.3, -0.25) is 4.79 Å². The third-order valence-electron chi connectivity index (χ3n) is 4.97. The van der Waals surface area contributed by atoms with Crippen molar-refractivity contribution in [3.05, 3.63) is 64.2 Å². The standard InChI is InChI=1S/C20H18N4OS/c1-12-5-2-6-13(11-12)18-17-14(7-3-8-15(17)25)21-20-22-19(23-24(18)20)16-9-4-10-26-16/h2,4-6,9-11,18H,3,7-8H2,1H3,(H,21,22,23). The number of ketones is 1. The Morgan fingerprint density at radius 1 is 1.23 bits per heavy atom. The Morgan fingerprint density at radius 3 is 2.96 bits per heavy atom. The van der Waals surface area contributed by atoms with Crippen LogP contribution in [0.2, 0.25) is 0 Å². The van der Waals surface area contributed by atoms with E-state index < -0.39 is 0 Å². The number of aromatic nitrogens is 3. The predicted molar refractivity (Wildman–Crippen MR) is 102 cm³/mol. The van der Waals surface area contributed by atoms with Crippen LogP contribution in [0.5, 0.6) is 0 Å². The molecular weight excluding hydrogens is 344 g/mol. The van der Waals surface area contributed by atoms with Crippen LogP contribution in [0, 0.1) is 6.92 Å². The Hall–Kier alpha value is -2.73. The van der Waals surface area contributed by atoms with E-state index in [1.165, 1.54) is 5.56 Å². The van der Waals surface area contributed by atoms with E-state index in [1.807, 2.05) is 28.3 Å². The minimum atomic E-state index is -0.213. The second-order valence-corrected chi connectivity index (χ2v) is 7.74. The molecule has 1 aliphatic heterocycles. The molecule has 130 valence electrons. The SMILES string of the molecule is Cc1cccc(C2C3=C(CCCC3=O)Nc3nc(-c4cccs4)nn32)c1. The van der Waals surface area contributed by atoms with Gasteiger partial charge in [-0.2, -0.15) is 4.98 Å². The van der Waals surface area contributed by atoms with Crippen molar-refractivity contribution in [3.63, 3.8) is 0 Å². The number of carbonyl (C=O) groups is 1. The lowest BCUT2D eigenvalue weighted by Crippen LogP contribution is -2.31. The van der Waals surface area contributed by atoms with Gasteiger partial charge in [0, 0.05) is 17.7 Å². The molecule has 0 bridgehead atoms. The number of hydrogen-bond donors (Lipinski definition) is 1. The molecular formula is C20H18N4OS. The fourth-order valence-electron chi connectivity index (χ4n) is 3.81. The summed E-state index contributed by atoms with van der Waals surface area (Å²) >= 11 is 1.62. The van der Waals surface area contributed by atoms with Gasteiger partial charge >= 0.3 is 0 Å². The number of nitrogens with zero attached hydrogens (tertiary/aromatic N) is 3. The second-order valence-electron chi connectivity index (χ2n) is 6.79. The van der Waals surface area contributed by atoms with Crippen LogP contribution in [0.15, 0.2) is 53.0 Å². The topological polar surface area (TPSA) is 59.8 Å². The highest BCUT2D eigenvalue weighted by atomic mass is 32.1. The van der Waals surface area contributed by atoms with E-state index in [4.69, 9.17) is 10.1 Å². The van der Waals surface area contributed by atoms with Crippen LogP contribution in [0.3, 0.4) is 0 Å². The molecule has 0 fully saturated rings. The molecule has 0 spiro atoms. The second kappa shape index (κ2) is 5.92. The van der Waals surface area contributed by atoms with E-state index in [0.29, 0.717) is 18.2 Å². The minimum Gasteiger partial charge on any atom is -0.328 e. The van der Waals surface area contributed by atoms with E-state index >= 15 is 0 Å². The summed E-state index contributed by atoms with van der Waals surface area (Å²) in [6, 6.07) is 12.1. The zero-order valence-electron chi connectivity index (χ0n) is 14.4. The molecule has 6 heteroatoms. The van der Waals surface area contributed by atoms with Crippen molar-refractivity contribution in [1.29, 1.82) is 0 Å². The maximum atomic E-state index is 12.8. The molecule has 0 saturated heterocycles. The van der Waals surface area contributed by atoms with Crippen LogP contribution in [0.1, 0.15) is 36.4 Å². The van der Waals surface area contributed by atoms with Gasteiger partial charge in [-0.25, -0.2) is 4.68 Å². The summed E-state index contributed by atoms with van der Waals surface area (Å²) in [5, 5.41) is 10.2. The molecule has 5 nitrogen and oxygen atoms in total. The van der Waals surface area contributed by atoms with Crippen molar-refractivity contribution in [2.24, 2.45) is 0 Å². The van der Waals surface area contributed by atoms with Crippen LogP contribution in [0.25, 0.3) is 10.7 Å². The molecule has 26 heavy (non-hydrogen) atoms. The van der Waals surface area contributed by atoms with E-state index in [-0.39, 0.29) is 11.8 Å². The average Bonchev–Trinajstić information content (AvgIpc) is 3.29. The summed E-state index contributed by atoms with van der Waals surface area (Å²) in [5.74, 6) is 1.63. The first-order valence-corrected chi connectivity index (χ1v) is 9.69. The van der Waals surface area contributed by atoms with Gasteiger partial charge in [0.1, 0.15) is 6.04 Å². The van der Waals surface area contributed by atoms with Crippen molar-refractivity contribution < 1.29 is 4.79 Å². The minimum absolute atomic E-state index is 0.212. The number of hydrogen-bond acceptors (Lipinski definition) is 5. The van der Waals surface area contributed by atoms with E-state index in [1.54, 1.807) is 11.3 Å². The number of carbonyl (C=O) groups excluding carboxylic acids is 1. The van der Waals surface area contributed by atoms with Crippen molar-refractivity contribution in [2.75, 3.05) is 5.32 Å². The van der Waals surface area contributed by atoms with E-state index in [0.717, 1.165) is 34.6 Å². The highest BCUT2D eigenvalue weighted by molar-refractivity contribution is 7.13. The Labute approximate surface area is 155 Å². The predicted octanol–water partition coefficient (Wildman–Crippen LogP) is 4.34. The van der Waals surface area contributed by atoms with Gasteiger partial charge < -0.3 is 5.32 Å². The number of nitrogens with one attached hydrogen (secondary N) is 1. The maximum absolute atomic E-state index is 12.8. The number of benzene rings is 1. The first-order valence-electron chi connectivity index (χ1n) is 8.81. The number of rotatable bonds is 2. The van der Waals surface area contributed by atoms with E-state index in [2.05, 4.69) is 30.4 Å². The molecule has 0 amide bonds. The molecule has 5 rings (SSSR count). The molecule has 3 heterocycles. The van der Waals surface area contributed by atoms with Crippen LogP contribution < -0.4 is 5.32 Å². The van der Waals surface area contributed by atoms with Gasteiger partial charge in [-0.05, 0) is 36.8 Å². The van der Waals surface area contributed by atoms with Crippen LogP contribution in [-0.4, -0.2) is 20.5 Å². The summed E-state index contributed by atoms with van der Waals surface area (Å²) in [4.78, 5) is 18.5. The van der Waals surface area contributed by atoms with Gasteiger partial charge in [0.15, 0.2) is 11.6 Å². The number of Topliss-reactive ketones (excluding diaryl/α,β-unsaturated/α-hetero) is 1. The normalized spacial score (nSPS) is 19.1. The van der Waals surface area contributed by atoms with Gasteiger partial charge in [-0.1, -0.05) is 35.9 Å². The Bertz CT molecular complexity index is 1030. The van der Waals surface area contributed by atoms with E-state index in [9.17, 15) is 4.79 Å². The molecule has 1 aromatic carbocycles. The Kier molecular flexibility index (Phi) is 3.53. The molecule has 1 atom stereocenters. The zero-order chi connectivity index (χ0) is 17.7. The molecule has 2 aromatic heterocycles. The molecule has 2 aliphatic rings. The van der Waals surface area contributed by atoms with Crippen LogP contribution in [-0.2, 0) is 4.79 Å². The highest BCUT2D eigenvalue weighted by Gasteiger charge is 2.36. The molecule has 0 radical (unpaired) electrons. The maximum Gasteiger partial charge on any atom is 0.226 e. The lowest BCUT2D eigenvalue weighted by molar-refractivity contribution is -0.116. The van der Waals surface area contributed by atoms with Crippen LogP contribution in [0.4, 0.5) is 5.95 Å². The van der Waals surface area contributed by atoms with Crippen molar-refractivity contribution >= 4 is 23.1 Å². The van der Waals surface area contributed by atoms with Crippen molar-refractivity contribution in [3.8, 4) is 10.7 Å². The summed E-state index contributed by atoms with van der Waals surface area (Å²) in [7, 11) is 0. The highest BCUT2D eigenvalue weighted by Crippen LogP contribution is 2.41.